The normalized spacial score (nSPS) is 36.1. The van der Waals surface area contributed by atoms with Crippen molar-refractivity contribution in [3.05, 3.63) is 25.3 Å². The highest BCUT2D eigenvalue weighted by Gasteiger charge is 2.32. The van der Waals surface area contributed by atoms with Gasteiger partial charge in [0.15, 0.2) is 0 Å². The Hall–Kier alpha value is -1.03. The van der Waals surface area contributed by atoms with Crippen molar-refractivity contribution in [3.8, 4) is 6.07 Å². The lowest BCUT2D eigenvalue weighted by Gasteiger charge is -2.10. The molecule has 1 aliphatic rings. The van der Waals surface area contributed by atoms with Crippen LogP contribution in [0.3, 0.4) is 0 Å². The zero-order valence-corrected chi connectivity index (χ0v) is 6.66. The van der Waals surface area contributed by atoms with Crippen LogP contribution in [0, 0.1) is 29.1 Å². The van der Waals surface area contributed by atoms with Crippen molar-refractivity contribution in [3.63, 3.8) is 0 Å². The van der Waals surface area contributed by atoms with E-state index in [1.165, 1.54) is 0 Å². The topological polar surface area (TPSA) is 23.8 Å². The van der Waals surface area contributed by atoms with Crippen LogP contribution >= 0.6 is 0 Å². The van der Waals surface area contributed by atoms with Crippen LogP contribution in [0.4, 0.5) is 0 Å². The van der Waals surface area contributed by atoms with Gasteiger partial charge in [-0.1, -0.05) is 12.2 Å². The van der Waals surface area contributed by atoms with Gasteiger partial charge in [0, 0.05) is 0 Å². The average molecular weight is 147 g/mol. The second kappa shape index (κ2) is 3.39. The van der Waals surface area contributed by atoms with Gasteiger partial charge >= 0.3 is 0 Å². The van der Waals surface area contributed by atoms with Gasteiger partial charge in [0.2, 0.25) is 0 Å². The molecule has 0 radical (unpaired) electrons. The first kappa shape index (κ1) is 8.07. The molecule has 1 unspecified atom stereocenters. The smallest absolute Gasteiger partial charge is 0.0668 e. The van der Waals surface area contributed by atoms with Crippen molar-refractivity contribution in [1.29, 1.82) is 5.26 Å². The molecular weight excluding hydrogens is 134 g/mol. The first-order chi connectivity index (χ1) is 5.33. The molecule has 0 aromatic carbocycles. The molecule has 0 amide bonds. The van der Waals surface area contributed by atoms with Crippen molar-refractivity contribution in [2.75, 3.05) is 0 Å². The number of hydrogen-bond acceptors (Lipinski definition) is 1. The Kier molecular flexibility index (Phi) is 2.48. The molecule has 0 saturated heterocycles. The Balaban J connectivity index is 2.71. The first-order valence-electron chi connectivity index (χ1n) is 3.98. The lowest BCUT2D eigenvalue weighted by atomic mass is 9.91. The molecule has 11 heavy (non-hydrogen) atoms. The standard InChI is InChI=1S/C10H13N/c1-3-8-5-6-9(4-2)10(8)7-11/h3-4,8-10H,1-2,5-6H2/t8-,9+,10?. The summed E-state index contributed by atoms with van der Waals surface area (Å²) in [6.07, 6.45) is 5.99. The van der Waals surface area contributed by atoms with E-state index >= 15 is 0 Å². The average Bonchev–Trinajstić information content (AvgIpc) is 2.45. The first-order valence-corrected chi connectivity index (χ1v) is 3.98. The van der Waals surface area contributed by atoms with Crippen LogP contribution in [-0.2, 0) is 0 Å². The molecule has 0 aromatic heterocycles. The molecule has 0 aromatic rings. The van der Waals surface area contributed by atoms with E-state index in [1.54, 1.807) is 0 Å². The van der Waals surface area contributed by atoms with E-state index in [9.17, 15) is 0 Å². The summed E-state index contributed by atoms with van der Waals surface area (Å²) in [7, 11) is 0. The van der Waals surface area contributed by atoms with Crippen LogP contribution < -0.4 is 0 Å². The van der Waals surface area contributed by atoms with Gasteiger partial charge in [0.05, 0.1) is 12.0 Å². The van der Waals surface area contributed by atoms with E-state index < -0.39 is 0 Å². The monoisotopic (exact) mass is 147 g/mol. The third kappa shape index (κ3) is 1.35. The number of rotatable bonds is 2. The Morgan fingerprint density at radius 1 is 1.18 bits per heavy atom. The fraction of sp³-hybridized carbons (Fsp3) is 0.500. The lowest BCUT2D eigenvalue weighted by Crippen LogP contribution is -2.08. The molecule has 1 nitrogen and oxygen atoms in total. The van der Waals surface area contributed by atoms with Gasteiger partial charge in [-0.05, 0) is 24.7 Å². The summed E-state index contributed by atoms with van der Waals surface area (Å²) in [4.78, 5) is 0. The summed E-state index contributed by atoms with van der Waals surface area (Å²) in [5.74, 6) is 0.913. The minimum absolute atomic E-state index is 0.130. The molecule has 0 bridgehead atoms. The highest BCUT2D eigenvalue weighted by atomic mass is 14.4. The summed E-state index contributed by atoms with van der Waals surface area (Å²) in [6, 6.07) is 2.32. The highest BCUT2D eigenvalue weighted by Crippen LogP contribution is 2.37. The lowest BCUT2D eigenvalue weighted by molar-refractivity contribution is 0.505. The maximum Gasteiger partial charge on any atom is 0.0668 e. The van der Waals surface area contributed by atoms with E-state index in [0.717, 1.165) is 12.8 Å². The van der Waals surface area contributed by atoms with Gasteiger partial charge in [-0.15, -0.1) is 13.2 Å². The number of allylic oxidation sites excluding steroid dienone is 2. The van der Waals surface area contributed by atoms with Crippen LogP contribution in [0.2, 0.25) is 0 Å². The Labute approximate surface area is 68.0 Å². The largest absolute Gasteiger partial charge is 0.198 e. The Morgan fingerprint density at radius 3 is 1.91 bits per heavy atom. The SMILES string of the molecule is C=C[C@@H]1CC[C@H](C=C)C1C#N. The molecule has 1 fully saturated rings. The highest BCUT2D eigenvalue weighted by molar-refractivity contribution is 5.07. The summed E-state index contributed by atoms with van der Waals surface area (Å²) < 4.78 is 0. The predicted octanol–water partition coefficient (Wildman–Crippen LogP) is 2.52. The quantitative estimate of drug-likeness (QED) is 0.550. The second-order valence-corrected chi connectivity index (χ2v) is 3.03. The number of hydrogen-bond donors (Lipinski definition) is 0. The molecule has 58 valence electrons. The fourth-order valence-electron chi connectivity index (χ4n) is 1.78. The van der Waals surface area contributed by atoms with E-state index in [4.69, 9.17) is 5.26 Å². The van der Waals surface area contributed by atoms with Crippen LogP contribution in [0.15, 0.2) is 25.3 Å². The third-order valence-corrected chi connectivity index (χ3v) is 2.51. The predicted molar refractivity (Wildman–Crippen MR) is 45.7 cm³/mol. The van der Waals surface area contributed by atoms with Crippen molar-refractivity contribution in [1.82, 2.24) is 0 Å². The van der Waals surface area contributed by atoms with Crippen LogP contribution in [0.25, 0.3) is 0 Å². The molecule has 1 aliphatic carbocycles. The maximum atomic E-state index is 8.82. The van der Waals surface area contributed by atoms with Gasteiger partial charge in [0.25, 0.3) is 0 Å². The zero-order valence-electron chi connectivity index (χ0n) is 6.66. The molecular formula is C10H13N. The molecule has 3 atom stereocenters. The van der Waals surface area contributed by atoms with Crippen LogP contribution in [0.5, 0.6) is 0 Å². The van der Waals surface area contributed by atoms with Gasteiger partial charge in [-0.2, -0.15) is 5.26 Å². The third-order valence-electron chi connectivity index (χ3n) is 2.51. The van der Waals surface area contributed by atoms with E-state index in [-0.39, 0.29) is 5.92 Å². The Morgan fingerprint density at radius 2 is 1.64 bits per heavy atom. The van der Waals surface area contributed by atoms with Gasteiger partial charge in [-0.3, -0.25) is 0 Å². The van der Waals surface area contributed by atoms with Crippen molar-refractivity contribution in [2.24, 2.45) is 17.8 Å². The summed E-state index contributed by atoms with van der Waals surface area (Å²) >= 11 is 0. The van der Waals surface area contributed by atoms with Gasteiger partial charge < -0.3 is 0 Å². The maximum absolute atomic E-state index is 8.82. The molecule has 0 spiro atoms. The fourth-order valence-corrected chi connectivity index (χ4v) is 1.78. The van der Waals surface area contributed by atoms with E-state index in [0.29, 0.717) is 11.8 Å². The van der Waals surface area contributed by atoms with E-state index in [2.05, 4.69) is 19.2 Å². The van der Waals surface area contributed by atoms with Gasteiger partial charge in [-0.25, -0.2) is 0 Å². The molecule has 1 saturated carbocycles. The molecule has 1 heteroatoms. The summed E-state index contributed by atoms with van der Waals surface area (Å²) in [5.41, 5.74) is 0. The summed E-state index contributed by atoms with van der Waals surface area (Å²) in [6.45, 7) is 7.45. The van der Waals surface area contributed by atoms with Crippen molar-refractivity contribution < 1.29 is 0 Å². The summed E-state index contributed by atoms with van der Waals surface area (Å²) in [5, 5.41) is 8.82. The molecule has 0 heterocycles. The zero-order chi connectivity index (χ0) is 8.27. The minimum atomic E-state index is 0.130. The van der Waals surface area contributed by atoms with Gasteiger partial charge in [0.1, 0.15) is 0 Å². The molecule has 1 rings (SSSR count). The minimum Gasteiger partial charge on any atom is -0.198 e. The van der Waals surface area contributed by atoms with E-state index in [1.807, 2.05) is 12.2 Å². The Bertz CT molecular complexity index is 183. The molecule has 0 N–H and O–H groups in total. The second-order valence-electron chi connectivity index (χ2n) is 3.03. The van der Waals surface area contributed by atoms with Crippen molar-refractivity contribution >= 4 is 0 Å². The van der Waals surface area contributed by atoms with Crippen molar-refractivity contribution in [2.45, 2.75) is 12.8 Å². The number of nitrogens with zero attached hydrogens (tertiary/aromatic N) is 1. The van der Waals surface area contributed by atoms with Crippen LogP contribution in [-0.4, -0.2) is 0 Å². The van der Waals surface area contributed by atoms with Crippen LogP contribution in [0.1, 0.15) is 12.8 Å². The molecule has 0 aliphatic heterocycles. The number of nitriles is 1.